The molecule has 0 atom stereocenters. The standard InChI is InChI=1S/C13H17NO4S/c1-8(2)19-7-12(15)14-11-6-9(18-3)4-5-10(11)13(16)17/h4-6,8H,7H2,1-3H3,(H,14,15)(H,16,17). The lowest BCUT2D eigenvalue weighted by molar-refractivity contribution is -0.113. The van der Waals surface area contributed by atoms with Crippen molar-refractivity contribution in [3.05, 3.63) is 23.8 Å². The highest BCUT2D eigenvalue weighted by molar-refractivity contribution is 8.00. The third-order valence-electron chi connectivity index (χ3n) is 2.28. The minimum absolute atomic E-state index is 0.0451. The summed E-state index contributed by atoms with van der Waals surface area (Å²) in [5.41, 5.74) is 0.296. The molecular weight excluding hydrogens is 266 g/mol. The maximum atomic E-state index is 11.7. The zero-order chi connectivity index (χ0) is 14.4. The quantitative estimate of drug-likeness (QED) is 0.838. The Balaban J connectivity index is 2.85. The van der Waals surface area contributed by atoms with Crippen molar-refractivity contribution in [2.24, 2.45) is 0 Å². The topological polar surface area (TPSA) is 75.6 Å². The molecule has 104 valence electrons. The maximum absolute atomic E-state index is 11.7. The van der Waals surface area contributed by atoms with Crippen LogP contribution >= 0.6 is 11.8 Å². The number of carbonyl (C=O) groups excluding carboxylic acids is 1. The highest BCUT2D eigenvalue weighted by Gasteiger charge is 2.14. The molecule has 0 unspecified atom stereocenters. The molecule has 0 aliphatic carbocycles. The molecule has 1 aromatic carbocycles. The number of nitrogens with one attached hydrogen (secondary N) is 1. The number of ether oxygens (including phenoxy) is 1. The van der Waals surface area contributed by atoms with Gasteiger partial charge in [-0.2, -0.15) is 0 Å². The number of methoxy groups -OCH3 is 1. The number of carboxylic acid groups (broad SMARTS) is 1. The summed E-state index contributed by atoms with van der Waals surface area (Å²) < 4.78 is 5.02. The third kappa shape index (κ3) is 4.82. The normalized spacial score (nSPS) is 10.3. The lowest BCUT2D eigenvalue weighted by Gasteiger charge is -2.11. The molecule has 1 rings (SSSR count). The average Bonchev–Trinajstić information content (AvgIpc) is 2.35. The van der Waals surface area contributed by atoms with Crippen LogP contribution in [0.25, 0.3) is 0 Å². The van der Waals surface area contributed by atoms with Crippen molar-refractivity contribution in [3.63, 3.8) is 0 Å². The van der Waals surface area contributed by atoms with Gasteiger partial charge in [0, 0.05) is 6.07 Å². The number of carboxylic acids is 1. The molecule has 0 bridgehead atoms. The molecule has 0 fully saturated rings. The Hall–Kier alpha value is -1.69. The van der Waals surface area contributed by atoms with E-state index < -0.39 is 5.97 Å². The van der Waals surface area contributed by atoms with E-state index in [-0.39, 0.29) is 22.9 Å². The van der Waals surface area contributed by atoms with Gasteiger partial charge in [-0.05, 0) is 17.4 Å². The minimum Gasteiger partial charge on any atom is -0.497 e. The molecule has 5 nitrogen and oxygen atoms in total. The Labute approximate surface area is 116 Å². The Kier molecular flexibility index (Phi) is 5.69. The van der Waals surface area contributed by atoms with Gasteiger partial charge < -0.3 is 15.2 Å². The summed E-state index contributed by atoms with van der Waals surface area (Å²) in [4.78, 5) is 22.8. The third-order valence-corrected chi connectivity index (χ3v) is 3.37. The second-order valence-corrected chi connectivity index (χ2v) is 5.69. The number of hydrogen-bond donors (Lipinski definition) is 2. The first-order valence-corrected chi connectivity index (χ1v) is 6.81. The zero-order valence-corrected chi connectivity index (χ0v) is 11.9. The van der Waals surface area contributed by atoms with Gasteiger partial charge in [0.1, 0.15) is 5.75 Å². The zero-order valence-electron chi connectivity index (χ0n) is 11.1. The first-order valence-electron chi connectivity index (χ1n) is 5.76. The monoisotopic (exact) mass is 283 g/mol. The van der Waals surface area contributed by atoms with Crippen molar-refractivity contribution in [1.82, 2.24) is 0 Å². The Morgan fingerprint density at radius 2 is 2.11 bits per heavy atom. The van der Waals surface area contributed by atoms with Gasteiger partial charge in [-0.15, -0.1) is 11.8 Å². The fourth-order valence-corrected chi connectivity index (χ4v) is 1.93. The predicted molar refractivity (Wildman–Crippen MR) is 76.2 cm³/mol. The number of thioether (sulfide) groups is 1. The van der Waals surface area contributed by atoms with Crippen LogP contribution in [0.1, 0.15) is 24.2 Å². The number of anilines is 1. The van der Waals surface area contributed by atoms with E-state index in [1.54, 1.807) is 6.07 Å². The van der Waals surface area contributed by atoms with Crippen molar-refractivity contribution in [3.8, 4) is 5.75 Å². The summed E-state index contributed by atoms with van der Waals surface area (Å²) >= 11 is 1.49. The summed E-state index contributed by atoms with van der Waals surface area (Å²) in [5.74, 6) is -0.533. The number of amides is 1. The van der Waals surface area contributed by atoms with Crippen LogP contribution in [0.5, 0.6) is 5.75 Å². The molecule has 0 spiro atoms. The lowest BCUT2D eigenvalue weighted by Crippen LogP contribution is -2.17. The van der Waals surface area contributed by atoms with Crippen molar-refractivity contribution in [1.29, 1.82) is 0 Å². The van der Waals surface area contributed by atoms with Crippen LogP contribution in [-0.2, 0) is 4.79 Å². The van der Waals surface area contributed by atoms with Crippen LogP contribution in [0.4, 0.5) is 5.69 Å². The highest BCUT2D eigenvalue weighted by atomic mass is 32.2. The van der Waals surface area contributed by atoms with Gasteiger partial charge in [-0.25, -0.2) is 4.79 Å². The molecule has 6 heteroatoms. The molecule has 19 heavy (non-hydrogen) atoms. The summed E-state index contributed by atoms with van der Waals surface area (Å²) in [6.45, 7) is 3.98. The molecule has 0 saturated heterocycles. The molecule has 0 radical (unpaired) electrons. The largest absolute Gasteiger partial charge is 0.497 e. The van der Waals surface area contributed by atoms with E-state index in [1.165, 1.54) is 31.0 Å². The van der Waals surface area contributed by atoms with Gasteiger partial charge in [0.25, 0.3) is 0 Å². The Morgan fingerprint density at radius 1 is 1.42 bits per heavy atom. The molecule has 0 saturated carbocycles. The SMILES string of the molecule is COc1ccc(C(=O)O)c(NC(=O)CSC(C)C)c1. The molecule has 1 amide bonds. The molecule has 0 aromatic heterocycles. The number of hydrogen-bond acceptors (Lipinski definition) is 4. The van der Waals surface area contributed by atoms with E-state index in [1.807, 2.05) is 13.8 Å². The first kappa shape index (κ1) is 15.4. The summed E-state index contributed by atoms with van der Waals surface area (Å²) in [6.07, 6.45) is 0. The van der Waals surface area contributed by atoms with Gasteiger partial charge in [0.15, 0.2) is 0 Å². The lowest BCUT2D eigenvalue weighted by atomic mass is 10.1. The number of carbonyl (C=O) groups is 2. The summed E-state index contributed by atoms with van der Waals surface area (Å²) in [5, 5.41) is 12.0. The van der Waals surface area contributed by atoms with Crippen LogP contribution in [0.3, 0.4) is 0 Å². The number of rotatable bonds is 6. The fraction of sp³-hybridized carbons (Fsp3) is 0.385. The Bertz CT molecular complexity index is 474. The molecular formula is C13H17NO4S. The number of benzene rings is 1. The molecule has 0 heterocycles. The van der Waals surface area contributed by atoms with Crippen LogP contribution in [0.15, 0.2) is 18.2 Å². The van der Waals surface area contributed by atoms with Crippen molar-refractivity contribution < 1.29 is 19.4 Å². The molecule has 1 aromatic rings. The van der Waals surface area contributed by atoms with Gasteiger partial charge in [-0.1, -0.05) is 13.8 Å². The smallest absolute Gasteiger partial charge is 0.337 e. The van der Waals surface area contributed by atoms with E-state index in [4.69, 9.17) is 9.84 Å². The van der Waals surface area contributed by atoms with Crippen molar-refractivity contribution in [2.45, 2.75) is 19.1 Å². The van der Waals surface area contributed by atoms with E-state index >= 15 is 0 Å². The van der Waals surface area contributed by atoms with Gasteiger partial charge >= 0.3 is 5.97 Å². The van der Waals surface area contributed by atoms with Crippen molar-refractivity contribution >= 4 is 29.3 Å². The number of aromatic carboxylic acids is 1. The Morgan fingerprint density at radius 3 is 2.63 bits per heavy atom. The molecule has 0 aliphatic rings. The minimum atomic E-state index is -1.09. The van der Waals surface area contributed by atoms with E-state index in [0.717, 1.165) is 0 Å². The molecule has 2 N–H and O–H groups in total. The maximum Gasteiger partial charge on any atom is 0.337 e. The summed E-state index contributed by atoms with van der Waals surface area (Å²) in [7, 11) is 1.48. The van der Waals surface area contributed by atoms with E-state index in [0.29, 0.717) is 11.0 Å². The predicted octanol–water partition coefficient (Wildman–Crippen LogP) is 2.47. The van der Waals surface area contributed by atoms with Crippen LogP contribution < -0.4 is 10.1 Å². The van der Waals surface area contributed by atoms with E-state index in [2.05, 4.69) is 5.32 Å². The fourth-order valence-electron chi connectivity index (χ4n) is 1.37. The van der Waals surface area contributed by atoms with Gasteiger partial charge in [-0.3, -0.25) is 4.79 Å². The van der Waals surface area contributed by atoms with Gasteiger partial charge in [0.2, 0.25) is 5.91 Å². The van der Waals surface area contributed by atoms with Crippen LogP contribution in [-0.4, -0.2) is 35.1 Å². The van der Waals surface area contributed by atoms with Crippen molar-refractivity contribution in [2.75, 3.05) is 18.2 Å². The summed E-state index contributed by atoms with van der Waals surface area (Å²) in [6, 6.07) is 4.45. The van der Waals surface area contributed by atoms with E-state index in [9.17, 15) is 9.59 Å². The van der Waals surface area contributed by atoms with Gasteiger partial charge in [0.05, 0.1) is 24.1 Å². The second kappa shape index (κ2) is 7.04. The molecule has 0 aliphatic heterocycles. The second-order valence-electron chi connectivity index (χ2n) is 4.12. The highest BCUT2D eigenvalue weighted by Crippen LogP contribution is 2.23. The van der Waals surface area contributed by atoms with Crippen LogP contribution in [0.2, 0.25) is 0 Å². The first-order chi connectivity index (χ1) is 8.93. The average molecular weight is 283 g/mol. The van der Waals surface area contributed by atoms with Crippen LogP contribution in [0, 0.1) is 0 Å².